The Kier molecular flexibility index (Phi) is 11.1. The van der Waals surface area contributed by atoms with Crippen molar-refractivity contribution in [2.45, 2.75) is 117 Å². The van der Waals surface area contributed by atoms with Crippen molar-refractivity contribution >= 4 is 43.6 Å². The van der Waals surface area contributed by atoms with Crippen molar-refractivity contribution < 1.29 is 35.1 Å². The minimum Gasteiger partial charge on any atom is -0.308 e. The van der Waals surface area contributed by atoms with Gasteiger partial charge in [0, 0.05) is 32.7 Å². The van der Waals surface area contributed by atoms with Crippen molar-refractivity contribution in [2.75, 3.05) is 0 Å². The van der Waals surface area contributed by atoms with Gasteiger partial charge in [0.05, 0.1) is 44.6 Å². The highest BCUT2D eigenvalue weighted by Gasteiger charge is 2.49. The van der Waals surface area contributed by atoms with Gasteiger partial charge in [-0.15, -0.1) is 0 Å². The predicted molar refractivity (Wildman–Crippen MR) is 271 cm³/mol. The van der Waals surface area contributed by atoms with Crippen molar-refractivity contribution in [3.63, 3.8) is 0 Å². The van der Waals surface area contributed by atoms with Crippen LogP contribution >= 0.6 is 0 Å². The third-order valence-corrected chi connectivity index (χ3v) is 13.7. The van der Waals surface area contributed by atoms with E-state index in [-0.39, 0.29) is 33.0 Å². The lowest BCUT2D eigenvalue weighted by molar-refractivity contribution is -0.142. The van der Waals surface area contributed by atoms with E-state index in [0.29, 0.717) is 32.6 Å². The highest BCUT2D eigenvalue weighted by atomic mass is 19.4. The van der Waals surface area contributed by atoms with E-state index in [4.69, 9.17) is 0 Å². The molecule has 10 heteroatoms. The normalized spacial score (nSPS) is 13.4. The Morgan fingerprint density at radius 1 is 0.314 bits per heavy atom. The molecule has 9 rings (SSSR count). The molecule has 0 saturated heterocycles. The van der Waals surface area contributed by atoms with Gasteiger partial charge in [-0.2, -0.15) is 26.3 Å². The third-order valence-electron chi connectivity index (χ3n) is 13.7. The van der Waals surface area contributed by atoms with E-state index in [9.17, 15) is 0 Å². The smallest absolute Gasteiger partial charge is 0.308 e. The number of alkyl halides is 6. The number of hydrogen-bond donors (Lipinski definition) is 0. The molecule has 70 heavy (non-hydrogen) atoms. The lowest BCUT2D eigenvalue weighted by Crippen LogP contribution is -2.23. The van der Waals surface area contributed by atoms with Crippen LogP contribution in [0.2, 0.25) is 0 Å². The second-order valence-electron chi connectivity index (χ2n) is 22.8. The van der Waals surface area contributed by atoms with Gasteiger partial charge < -0.3 is 9.13 Å². The largest absolute Gasteiger partial charge is 0.419 e. The highest BCUT2D eigenvalue weighted by molar-refractivity contribution is 6.13. The molecular formula is C60H56F8N2. The van der Waals surface area contributed by atoms with Crippen LogP contribution in [0.15, 0.2) is 121 Å². The molecule has 0 radical (unpaired) electrons. The SMILES string of the molecule is CC(C)(C)c1ccc2c(c1)c1cc(C(C)(C)C)ccc1n2-c1c(-c2ccc(F)cc2)c(C(F)(F)F)c(-n2c3ccc(C(C)(C)C)cc3c3cc(C(C)(C)C)ccc32)c(C(F)(F)F)c1-c1ccc(F)cc1. The summed E-state index contributed by atoms with van der Waals surface area (Å²) in [5, 5.41) is 2.16. The van der Waals surface area contributed by atoms with Crippen molar-refractivity contribution in [1.82, 2.24) is 9.13 Å². The van der Waals surface area contributed by atoms with E-state index < -0.39 is 68.4 Å². The molecule has 0 bridgehead atoms. The molecule has 2 heterocycles. The standard InChI is InChI=1S/C60H56F8N2/c1-55(2,3)35-17-25-45-41(29-35)42-30-36(56(4,5)6)18-26-46(42)69(45)53-49(33-13-21-39(61)22-14-33)51(59(63,64)65)54(52(60(66,67)68)50(53)34-15-23-40(62)24-16-34)70-47-27-19-37(57(7,8)9)31-43(47)44-32-38(58(10,11)12)20-28-48(44)70/h13-32H,1-12H3. The lowest BCUT2D eigenvalue weighted by Gasteiger charge is -2.31. The van der Waals surface area contributed by atoms with E-state index in [0.717, 1.165) is 51.1 Å². The van der Waals surface area contributed by atoms with Crippen LogP contribution in [-0.2, 0) is 34.0 Å². The van der Waals surface area contributed by atoms with Crippen LogP contribution < -0.4 is 0 Å². The molecule has 2 nitrogen and oxygen atoms in total. The van der Waals surface area contributed by atoms with Gasteiger partial charge in [0.2, 0.25) is 0 Å². The number of hydrogen-bond acceptors (Lipinski definition) is 0. The summed E-state index contributed by atoms with van der Waals surface area (Å²) >= 11 is 0. The quantitative estimate of drug-likeness (QED) is 0.156. The second-order valence-corrected chi connectivity index (χ2v) is 22.8. The number of benzene rings is 7. The fourth-order valence-electron chi connectivity index (χ4n) is 9.91. The fraction of sp³-hybridized carbons (Fsp3) is 0.300. The summed E-state index contributed by atoms with van der Waals surface area (Å²) in [6.07, 6.45) is -11.0. The van der Waals surface area contributed by atoms with E-state index in [1.165, 1.54) is 28.8 Å². The summed E-state index contributed by atoms with van der Waals surface area (Å²) in [4.78, 5) is 0. The number of aromatic nitrogens is 2. The second kappa shape index (κ2) is 16.1. The summed E-state index contributed by atoms with van der Waals surface area (Å²) in [6, 6.07) is 30.2. The first-order valence-electron chi connectivity index (χ1n) is 23.4. The van der Waals surface area contributed by atoms with Crippen LogP contribution in [0.4, 0.5) is 35.1 Å². The van der Waals surface area contributed by atoms with Gasteiger partial charge in [-0.1, -0.05) is 132 Å². The molecule has 9 aromatic rings. The van der Waals surface area contributed by atoms with Gasteiger partial charge in [-0.3, -0.25) is 0 Å². The topological polar surface area (TPSA) is 9.86 Å². The van der Waals surface area contributed by atoms with Crippen LogP contribution in [0.3, 0.4) is 0 Å². The Hall–Kier alpha value is -6.42. The van der Waals surface area contributed by atoms with Crippen LogP contribution in [0, 0.1) is 11.6 Å². The van der Waals surface area contributed by atoms with Crippen molar-refractivity contribution in [1.29, 1.82) is 0 Å². The van der Waals surface area contributed by atoms with E-state index in [1.54, 1.807) is 36.4 Å². The van der Waals surface area contributed by atoms with Crippen molar-refractivity contribution in [3.05, 3.63) is 166 Å². The summed E-state index contributed by atoms with van der Waals surface area (Å²) in [5.41, 5.74) is -3.58. The maximum absolute atomic E-state index is 17.2. The average molecular weight is 957 g/mol. The Bertz CT molecular complexity index is 3310. The van der Waals surface area contributed by atoms with E-state index in [1.807, 2.05) is 119 Å². The Morgan fingerprint density at radius 3 is 0.786 bits per heavy atom. The summed E-state index contributed by atoms with van der Waals surface area (Å²) < 4.78 is 136. The first-order chi connectivity index (χ1) is 32.4. The molecule has 362 valence electrons. The fourth-order valence-corrected chi connectivity index (χ4v) is 9.91. The van der Waals surface area contributed by atoms with Gasteiger partial charge in [0.15, 0.2) is 0 Å². The molecule has 0 spiro atoms. The molecule has 0 aliphatic carbocycles. The summed E-state index contributed by atoms with van der Waals surface area (Å²) in [6.45, 7) is 24.1. The molecule has 7 aromatic carbocycles. The monoisotopic (exact) mass is 956 g/mol. The molecule has 0 saturated carbocycles. The minimum absolute atomic E-state index is 0.120. The molecule has 0 amide bonds. The molecule has 0 fully saturated rings. The first-order valence-corrected chi connectivity index (χ1v) is 23.4. The van der Waals surface area contributed by atoms with Gasteiger partial charge in [0.1, 0.15) is 11.6 Å². The molecule has 0 atom stereocenters. The Balaban J connectivity index is 1.64. The molecule has 0 aliphatic heterocycles. The molecule has 0 aliphatic rings. The zero-order chi connectivity index (χ0) is 51.0. The molecule has 0 unspecified atom stereocenters. The van der Waals surface area contributed by atoms with Crippen LogP contribution in [0.5, 0.6) is 0 Å². The van der Waals surface area contributed by atoms with Crippen molar-refractivity contribution in [3.8, 4) is 33.6 Å². The predicted octanol–water partition coefficient (Wildman–Crippen LogP) is 18.7. The first kappa shape index (κ1) is 48.6. The summed E-state index contributed by atoms with van der Waals surface area (Å²) in [7, 11) is 0. The van der Waals surface area contributed by atoms with Gasteiger partial charge in [0.25, 0.3) is 0 Å². The highest BCUT2D eigenvalue weighted by Crippen LogP contribution is 2.57. The van der Waals surface area contributed by atoms with Crippen molar-refractivity contribution in [2.24, 2.45) is 0 Å². The minimum atomic E-state index is -5.48. The average Bonchev–Trinajstić information content (AvgIpc) is 3.75. The zero-order valence-electron chi connectivity index (χ0n) is 41.5. The number of rotatable bonds is 4. The van der Waals surface area contributed by atoms with E-state index in [2.05, 4.69) is 0 Å². The molecular weight excluding hydrogens is 901 g/mol. The number of fused-ring (bicyclic) bond motifs is 6. The Morgan fingerprint density at radius 2 is 0.557 bits per heavy atom. The Labute approximate surface area is 403 Å². The van der Waals surface area contributed by atoms with Gasteiger partial charge >= 0.3 is 12.4 Å². The van der Waals surface area contributed by atoms with Gasteiger partial charge in [-0.25, -0.2) is 8.78 Å². The maximum Gasteiger partial charge on any atom is 0.419 e. The van der Waals surface area contributed by atoms with Crippen LogP contribution in [0.1, 0.15) is 116 Å². The summed E-state index contributed by atoms with van der Waals surface area (Å²) in [5.74, 6) is -1.50. The third kappa shape index (κ3) is 8.24. The zero-order valence-corrected chi connectivity index (χ0v) is 41.5. The molecule has 0 N–H and O–H groups in total. The lowest BCUT2D eigenvalue weighted by atomic mass is 9.84. The number of halogens is 8. The van der Waals surface area contributed by atoms with Crippen LogP contribution in [0.25, 0.3) is 77.2 Å². The number of nitrogens with zero attached hydrogens (tertiary/aromatic N) is 2. The van der Waals surface area contributed by atoms with Gasteiger partial charge in [-0.05, 0) is 128 Å². The molecule has 2 aromatic heterocycles. The van der Waals surface area contributed by atoms with Crippen LogP contribution in [-0.4, -0.2) is 9.13 Å². The van der Waals surface area contributed by atoms with E-state index >= 15 is 35.1 Å². The maximum atomic E-state index is 17.2.